The van der Waals surface area contributed by atoms with Gasteiger partial charge in [0, 0.05) is 19.9 Å². The molecule has 0 aromatic carbocycles. The summed E-state index contributed by atoms with van der Waals surface area (Å²) < 4.78 is 0. The highest BCUT2D eigenvalue weighted by atomic mass is 16.4. The number of carbonyl (C=O) groups is 6. The third-order valence-electron chi connectivity index (χ3n) is 4.72. The van der Waals surface area contributed by atoms with Crippen molar-refractivity contribution in [2.24, 2.45) is 11.7 Å². The molecule has 0 aromatic rings. The van der Waals surface area contributed by atoms with Crippen LogP contribution in [0.3, 0.4) is 0 Å². The van der Waals surface area contributed by atoms with Gasteiger partial charge >= 0.3 is 18.0 Å². The Bertz CT molecular complexity index is 699. The molecule has 0 rings (SSSR count). The van der Waals surface area contributed by atoms with Crippen molar-refractivity contribution < 1.29 is 39.0 Å². The number of nitrogens with one attached hydrogen (secondary N) is 4. The van der Waals surface area contributed by atoms with Crippen molar-refractivity contribution in [1.29, 1.82) is 0 Å². The fourth-order valence-corrected chi connectivity index (χ4v) is 2.77. The summed E-state index contributed by atoms with van der Waals surface area (Å²) in [6.45, 7) is 4.76. The first-order valence-electron chi connectivity index (χ1n) is 10.2. The summed E-state index contributed by atoms with van der Waals surface area (Å²) in [5.41, 5.74) is 4.94. The maximum Gasteiger partial charge on any atom is 0.326 e. The molecular formula is C19H33N5O8. The lowest BCUT2D eigenvalue weighted by atomic mass is 9.97. The van der Waals surface area contributed by atoms with Crippen LogP contribution >= 0.6 is 0 Å². The zero-order chi connectivity index (χ0) is 24.8. The molecule has 0 fully saturated rings. The van der Waals surface area contributed by atoms with Crippen molar-refractivity contribution in [3.8, 4) is 0 Å². The monoisotopic (exact) mass is 459 g/mol. The largest absolute Gasteiger partial charge is 0.481 e. The van der Waals surface area contributed by atoms with Crippen LogP contribution in [0.15, 0.2) is 0 Å². The number of urea groups is 1. The summed E-state index contributed by atoms with van der Waals surface area (Å²) in [6, 6.07) is -4.30. The van der Waals surface area contributed by atoms with Gasteiger partial charge in [-0.2, -0.15) is 0 Å². The average molecular weight is 460 g/mol. The highest BCUT2D eigenvalue weighted by molar-refractivity contribution is 5.93. The minimum Gasteiger partial charge on any atom is -0.481 e. The molecule has 0 aromatic heterocycles. The molecule has 32 heavy (non-hydrogen) atoms. The first-order chi connectivity index (χ1) is 14.9. The van der Waals surface area contributed by atoms with E-state index in [1.807, 2.05) is 0 Å². The van der Waals surface area contributed by atoms with Crippen LogP contribution in [0.4, 0.5) is 4.79 Å². The Hall–Kier alpha value is -3.38. The molecule has 4 atom stereocenters. The lowest BCUT2D eigenvalue weighted by molar-refractivity contribution is -0.142. The van der Waals surface area contributed by atoms with Crippen molar-refractivity contribution >= 4 is 35.7 Å². The molecular weight excluding hydrogens is 426 g/mol. The number of nitrogens with two attached hydrogens (primary N) is 1. The van der Waals surface area contributed by atoms with Crippen LogP contribution in [-0.2, 0) is 24.0 Å². The summed E-state index contributed by atoms with van der Waals surface area (Å²) in [6.07, 6.45) is 0.160. The Balaban J connectivity index is 5.29. The van der Waals surface area contributed by atoms with Crippen molar-refractivity contribution in [3.05, 3.63) is 0 Å². The summed E-state index contributed by atoms with van der Waals surface area (Å²) in [5, 5.41) is 27.8. The standard InChI is InChI=1S/C19H33N5O8/c1-4-10(2)15(24-16(28)12(22-11(3)25)7-8-14(26)27)17(29)23-13(18(30)31)6-5-9-21-19(20)32/h10,12-13,15H,4-9H2,1-3H3,(H,22,25)(H,23,29)(H,24,28)(H,26,27)(H,30,31)(H3,20,21,32)/t10-,12-,13-,15-/m0/s1. The van der Waals surface area contributed by atoms with E-state index in [9.17, 15) is 33.9 Å². The van der Waals surface area contributed by atoms with Crippen molar-refractivity contribution in [3.63, 3.8) is 0 Å². The number of hydrogen-bond acceptors (Lipinski definition) is 6. The normalized spacial score (nSPS) is 14.2. The molecule has 13 nitrogen and oxygen atoms in total. The Morgan fingerprint density at radius 3 is 2.00 bits per heavy atom. The molecule has 13 heteroatoms. The maximum atomic E-state index is 12.8. The van der Waals surface area contributed by atoms with Gasteiger partial charge in [0.15, 0.2) is 0 Å². The number of primary amides is 1. The quantitative estimate of drug-likeness (QED) is 0.149. The van der Waals surface area contributed by atoms with E-state index >= 15 is 0 Å². The smallest absolute Gasteiger partial charge is 0.326 e. The van der Waals surface area contributed by atoms with E-state index in [1.165, 1.54) is 6.92 Å². The second-order valence-corrected chi connectivity index (χ2v) is 7.39. The van der Waals surface area contributed by atoms with Gasteiger partial charge in [0.05, 0.1) is 0 Å². The number of carboxylic acids is 2. The number of amides is 5. The molecule has 0 unspecified atom stereocenters. The number of carboxylic acid groups (broad SMARTS) is 2. The van der Waals surface area contributed by atoms with E-state index in [2.05, 4.69) is 21.3 Å². The molecule has 0 radical (unpaired) electrons. The summed E-state index contributed by atoms with van der Waals surface area (Å²) in [7, 11) is 0. The van der Waals surface area contributed by atoms with Crippen molar-refractivity contribution in [2.45, 2.75) is 71.0 Å². The second kappa shape index (κ2) is 14.6. The predicted octanol–water partition coefficient (Wildman–Crippen LogP) is -1.10. The zero-order valence-electron chi connectivity index (χ0n) is 18.5. The molecule has 0 heterocycles. The fraction of sp³-hybridized carbons (Fsp3) is 0.684. The average Bonchev–Trinajstić information content (AvgIpc) is 2.69. The lowest BCUT2D eigenvalue weighted by Gasteiger charge is -2.27. The topological polar surface area (TPSA) is 217 Å². The number of rotatable bonds is 15. The predicted molar refractivity (Wildman–Crippen MR) is 112 cm³/mol. The summed E-state index contributed by atoms with van der Waals surface area (Å²) in [5.74, 6) is -4.86. The molecule has 0 spiro atoms. The molecule has 0 saturated heterocycles. The van der Waals surface area contributed by atoms with Crippen LogP contribution in [0.2, 0.25) is 0 Å². The minimum absolute atomic E-state index is 0.00958. The highest BCUT2D eigenvalue weighted by Crippen LogP contribution is 2.11. The van der Waals surface area contributed by atoms with Crippen LogP contribution in [0, 0.1) is 5.92 Å². The molecule has 0 aliphatic heterocycles. The Morgan fingerprint density at radius 1 is 0.906 bits per heavy atom. The molecule has 0 saturated carbocycles. The highest BCUT2D eigenvalue weighted by Gasteiger charge is 2.32. The van der Waals surface area contributed by atoms with E-state index in [0.717, 1.165) is 0 Å². The molecule has 0 bridgehead atoms. The van der Waals surface area contributed by atoms with Crippen LogP contribution < -0.4 is 27.0 Å². The second-order valence-electron chi connectivity index (χ2n) is 7.39. The van der Waals surface area contributed by atoms with Gasteiger partial charge in [-0.1, -0.05) is 20.3 Å². The first-order valence-corrected chi connectivity index (χ1v) is 10.2. The van der Waals surface area contributed by atoms with Gasteiger partial charge in [0.2, 0.25) is 17.7 Å². The van der Waals surface area contributed by atoms with Crippen LogP contribution in [-0.4, -0.2) is 70.6 Å². The Kier molecular flexibility index (Phi) is 13.1. The van der Waals surface area contributed by atoms with Crippen LogP contribution in [0.1, 0.15) is 52.9 Å². The molecule has 0 aliphatic carbocycles. The fourth-order valence-electron chi connectivity index (χ4n) is 2.77. The van der Waals surface area contributed by atoms with Gasteiger partial charge in [0.25, 0.3) is 0 Å². The van der Waals surface area contributed by atoms with Crippen LogP contribution in [0.25, 0.3) is 0 Å². The number of carbonyl (C=O) groups excluding carboxylic acids is 4. The molecule has 5 amide bonds. The zero-order valence-corrected chi connectivity index (χ0v) is 18.5. The minimum atomic E-state index is -1.29. The van der Waals surface area contributed by atoms with E-state index in [4.69, 9.17) is 10.8 Å². The number of aliphatic carboxylic acids is 2. The molecule has 182 valence electrons. The van der Waals surface area contributed by atoms with E-state index in [-0.39, 0.29) is 38.1 Å². The third-order valence-corrected chi connectivity index (χ3v) is 4.72. The van der Waals surface area contributed by atoms with Gasteiger partial charge < -0.3 is 37.2 Å². The van der Waals surface area contributed by atoms with Crippen molar-refractivity contribution in [1.82, 2.24) is 21.3 Å². The van der Waals surface area contributed by atoms with Gasteiger partial charge in [-0.3, -0.25) is 19.2 Å². The van der Waals surface area contributed by atoms with Crippen molar-refractivity contribution in [2.75, 3.05) is 6.54 Å². The van der Waals surface area contributed by atoms with Crippen LogP contribution in [0.5, 0.6) is 0 Å². The maximum absolute atomic E-state index is 12.8. The van der Waals surface area contributed by atoms with E-state index < -0.39 is 53.8 Å². The number of hydrogen-bond donors (Lipinski definition) is 7. The van der Waals surface area contributed by atoms with Gasteiger partial charge in [-0.25, -0.2) is 9.59 Å². The molecule has 8 N–H and O–H groups in total. The summed E-state index contributed by atoms with van der Waals surface area (Å²) >= 11 is 0. The first kappa shape index (κ1) is 28.6. The van der Waals surface area contributed by atoms with Gasteiger partial charge in [-0.05, 0) is 25.2 Å². The molecule has 0 aliphatic rings. The Morgan fingerprint density at radius 2 is 1.53 bits per heavy atom. The van der Waals surface area contributed by atoms with E-state index in [1.54, 1.807) is 13.8 Å². The SMILES string of the molecule is CC[C@H](C)[C@H](NC(=O)[C@H](CCC(=O)O)NC(C)=O)C(=O)N[C@@H](CCCNC(N)=O)C(=O)O. The lowest BCUT2D eigenvalue weighted by Crippen LogP contribution is -2.57. The van der Waals surface area contributed by atoms with E-state index in [0.29, 0.717) is 6.42 Å². The third kappa shape index (κ3) is 11.7. The summed E-state index contributed by atoms with van der Waals surface area (Å²) in [4.78, 5) is 69.9. The Labute approximate surface area is 185 Å². The van der Waals surface area contributed by atoms with Gasteiger partial charge in [0.1, 0.15) is 18.1 Å². The van der Waals surface area contributed by atoms with Gasteiger partial charge in [-0.15, -0.1) is 0 Å².